The second-order valence-corrected chi connectivity index (χ2v) is 9.46. The predicted octanol–water partition coefficient (Wildman–Crippen LogP) is 8.62. The van der Waals surface area contributed by atoms with E-state index in [-0.39, 0.29) is 0 Å². The van der Waals surface area contributed by atoms with Gasteiger partial charge >= 0.3 is 0 Å². The minimum atomic E-state index is 0.391. The van der Waals surface area contributed by atoms with Crippen LogP contribution < -0.4 is 5.32 Å². The van der Waals surface area contributed by atoms with Crippen molar-refractivity contribution in [1.82, 2.24) is 5.32 Å². The summed E-state index contributed by atoms with van der Waals surface area (Å²) in [6, 6.07) is 9.90. The summed E-state index contributed by atoms with van der Waals surface area (Å²) in [7, 11) is 0. The molecule has 1 nitrogen and oxygen atoms in total. The average molecular weight is 408 g/mol. The van der Waals surface area contributed by atoms with Gasteiger partial charge in [0.15, 0.2) is 0 Å². The van der Waals surface area contributed by atoms with Crippen molar-refractivity contribution in [3.63, 3.8) is 0 Å². The second-order valence-electron chi connectivity index (χ2n) is 9.46. The molecule has 0 aromatic heterocycles. The van der Waals surface area contributed by atoms with E-state index in [1.807, 2.05) is 0 Å². The van der Waals surface area contributed by atoms with Gasteiger partial charge in [0.1, 0.15) is 0 Å². The van der Waals surface area contributed by atoms with Crippen LogP contribution in [0.15, 0.2) is 58.7 Å². The Morgan fingerprint density at radius 1 is 1.13 bits per heavy atom. The molecule has 2 unspecified atom stereocenters. The summed E-state index contributed by atoms with van der Waals surface area (Å²) in [6.07, 6.45) is 13.3. The molecule has 1 heteroatoms. The summed E-state index contributed by atoms with van der Waals surface area (Å²) in [5.41, 5.74) is 8.93. The standard InChI is InChI=1S/C29H45N/c1-8-26(9-2)29(30-25(7)27-15-10-12-22(4)20-27)19-17-21(3)16-18-28-23(5)13-11-14-24(28)6/h10,12-13,15-16,20,25-26,29-30H,8-9,11,14,17-19H2,1-7H3/b21-16+. The number of aryl methyl sites for hydroxylation is 1. The van der Waals surface area contributed by atoms with E-state index in [0.29, 0.717) is 12.1 Å². The van der Waals surface area contributed by atoms with E-state index in [0.717, 1.165) is 12.3 Å². The molecular formula is C29H45N. The van der Waals surface area contributed by atoms with Gasteiger partial charge in [-0.3, -0.25) is 0 Å². The van der Waals surface area contributed by atoms with Gasteiger partial charge in [0, 0.05) is 12.1 Å². The molecule has 1 aliphatic rings. The second kappa shape index (κ2) is 12.3. The first-order chi connectivity index (χ1) is 14.3. The number of nitrogens with one attached hydrogen (secondary N) is 1. The van der Waals surface area contributed by atoms with Gasteiger partial charge < -0.3 is 5.32 Å². The number of hydrogen-bond donors (Lipinski definition) is 1. The number of benzene rings is 1. The molecule has 0 saturated heterocycles. The fourth-order valence-electron chi connectivity index (χ4n) is 4.88. The lowest BCUT2D eigenvalue weighted by molar-refractivity contribution is 0.295. The first-order valence-corrected chi connectivity index (χ1v) is 12.2. The van der Waals surface area contributed by atoms with Crippen molar-refractivity contribution in [2.75, 3.05) is 0 Å². The van der Waals surface area contributed by atoms with Crippen LogP contribution in [0.4, 0.5) is 0 Å². The molecule has 1 aromatic carbocycles. The van der Waals surface area contributed by atoms with Crippen LogP contribution in [0.25, 0.3) is 0 Å². The lowest BCUT2D eigenvalue weighted by atomic mass is 9.87. The molecule has 2 atom stereocenters. The van der Waals surface area contributed by atoms with Crippen molar-refractivity contribution < 1.29 is 0 Å². The highest BCUT2D eigenvalue weighted by Crippen LogP contribution is 2.29. The topological polar surface area (TPSA) is 12.0 Å². The van der Waals surface area contributed by atoms with Crippen LogP contribution in [-0.4, -0.2) is 6.04 Å². The summed E-state index contributed by atoms with van der Waals surface area (Å²) >= 11 is 0. The Kier molecular flexibility index (Phi) is 10.1. The van der Waals surface area contributed by atoms with Crippen LogP contribution in [-0.2, 0) is 0 Å². The van der Waals surface area contributed by atoms with Crippen molar-refractivity contribution in [2.24, 2.45) is 5.92 Å². The van der Waals surface area contributed by atoms with Gasteiger partial charge in [-0.15, -0.1) is 0 Å². The van der Waals surface area contributed by atoms with E-state index >= 15 is 0 Å². The SMILES string of the molecule is CCC(CC)C(CC/C(C)=C/CC1=C(C)CCC=C1C)NC(C)c1cccc(C)c1. The Labute approximate surface area is 186 Å². The molecule has 30 heavy (non-hydrogen) atoms. The first-order valence-electron chi connectivity index (χ1n) is 12.2. The Bertz CT molecular complexity index is 760. The summed E-state index contributed by atoms with van der Waals surface area (Å²) in [6.45, 7) is 16.1. The van der Waals surface area contributed by atoms with E-state index in [9.17, 15) is 0 Å². The van der Waals surface area contributed by atoms with Gasteiger partial charge in [-0.2, -0.15) is 0 Å². The zero-order valence-electron chi connectivity index (χ0n) is 20.6. The summed E-state index contributed by atoms with van der Waals surface area (Å²) in [5, 5.41) is 3.99. The first kappa shape index (κ1) is 24.7. The fraction of sp³-hybridized carbons (Fsp3) is 0.586. The van der Waals surface area contributed by atoms with Crippen LogP contribution in [0.5, 0.6) is 0 Å². The molecule has 0 bridgehead atoms. The molecule has 0 fully saturated rings. The van der Waals surface area contributed by atoms with Crippen molar-refractivity contribution >= 4 is 0 Å². The van der Waals surface area contributed by atoms with Crippen molar-refractivity contribution in [3.05, 3.63) is 69.8 Å². The molecule has 1 aromatic rings. The van der Waals surface area contributed by atoms with Gasteiger partial charge in [0.25, 0.3) is 0 Å². The Hall–Kier alpha value is -1.60. The van der Waals surface area contributed by atoms with E-state index in [1.54, 1.807) is 11.1 Å². The molecule has 0 saturated carbocycles. The minimum absolute atomic E-state index is 0.391. The van der Waals surface area contributed by atoms with E-state index in [2.05, 4.69) is 90.2 Å². The largest absolute Gasteiger partial charge is 0.307 e. The maximum atomic E-state index is 3.99. The molecule has 166 valence electrons. The normalized spacial score (nSPS) is 17.3. The van der Waals surface area contributed by atoms with Crippen LogP contribution in [0.2, 0.25) is 0 Å². The number of rotatable bonds is 11. The molecular weight excluding hydrogens is 362 g/mol. The fourth-order valence-corrected chi connectivity index (χ4v) is 4.88. The highest BCUT2D eigenvalue weighted by atomic mass is 14.9. The third-order valence-corrected chi connectivity index (χ3v) is 7.09. The number of hydrogen-bond acceptors (Lipinski definition) is 1. The monoisotopic (exact) mass is 407 g/mol. The lowest BCUT2D eigenvalue weighted by Crippen LogP contribution is -2.37. The molecule has 0 heterocycles. The van der Waals surface area contributed by atoms with Crippen molar-refractivity contribution in [3.8, 4) is 0 Å². The zero-order chi connectivity index (χ0) is 22.1. The molecule has 1 aliphatic carbocycles. The average Bonchev–Trinajstić information content (AvgIpc) is 2.72. The molecule has 0 spiro atoms. The third kappa shape index (κ3) is 7.27. The molecule has 0 aliphatic heterocycles. The van der Waals surface area contributed by atoms with Gasteiger partial charge in [0.2, 0.25) is 0 Å². The van der Waals surface area contributed by atoms with Crippen molar-refractivity contribution in [2.45, 2.75) is 105 Å². The highest BCUT2D eigenvalue weighted by Gasteiger charge is 2.21. The summed E-state index contributed by atoms with van der Waals surface area (Å²) in [4.78, 5) is 0. The maximum Gasteiger partial charge on any atom is 0.0294 e. The molecule has 2 rings (SSSR count). The smallest absolute Gasteiger partial charge is 0.0294 e. The Morgan fingerprint density at radius 3 is 2.50 bits per heavy atom. The van der Waals surface area contributed by atoms with Crippen LogP contribution in [0.1, 0.15) is 104 Å². The van der Waals surface area contributed by atoms with E-state index in [1.165, 1.54) is 60.8 Å². The quantitative estimate of drug-likeness (QED) is 0.362. The zero-order valence-corrected chi connectivity index (χ0v) is 20.6. The Morgan fingerprint density at radius 2 is 1.87 bits per heavy atom. The van der Waals surface area contributed by atoms with Crippen molar-refractivity contribution in [1.29, 1.82) is 0 Å². The van der Waals surface area contributed by atoms with Gasteiger partial charge in [0.05, 0.1) is 0 Å². The van der Waals surface area contributed by atoms with Gasteiger partial charge in [-0.1, -0.05) is 85.4 Å². The molecule has 0 radical (unpaired) electrons. The van der Waals surface area contributed by atoms with Crippen LogP contribution in [0, 0.1) is 12.8 Å². The summed E-state index contributed by atoms with van der Waals surface area (Å²) in [5.74, 6) is 0.735. The summed E-state index contributed by atoms with van der Waals surface area (Å²) < 4.78 is 0. The van der Waals surface area contributed by atoms with Crippen LogP contribution >= 0.6 is 0 Å². The highest BCUT2D eigenvalue weighted by molar-refractivity contribution is 5.38. The van der Waals surface area contributed by atoms with E-state index in [4.69, 9.17) is 0 Å². The van der Waals surface area contributed by atoms with Crippen LogP contribution in [0.3, 0.4) is 0 Å². The van der Waals surface area contributed by atoms with Gasteiger partial charge in [-0.25, -0.2) is 0 Å². The van der Waals surface area contributed by atoms with E-state index < -0.39 is 0 Å². The Balaban J connectivity index is 2.01. The lowest BCUT2D eigenvalue weighted by Gasteiger charge is -2.30. The van der Waals surface area contributed by atoms with Gasteiger partial charge in [-0.05, 0) is 83.8 Å². The minimum Gasteiger partial charge on any atom is -0.307 e. The number of allylic oxidation sites excluding steroid dienone is 6. The predicted molar refractivity (Wildman–Crippen MR) is 134 cm³/mol. The molecule has 0 amide bonds. The third-order valence-electron chi connectivity index (χ3n) is 7.09. The maximum absolute atomic E-state index is 3.99. The molecule has 1 N–H and O–H groups in total.